The van der Waals surface area contributed by atoms with Crippen LogP contribution in [0.5, 0.6) is 0 Å². The molecule has 0 atom stereocenters. The summed E-state index contributed by atoms with van der Waals surface area (Å²) in [6.45, 7) is 1.73. The second-order valence-electron chi connectivity index (χ2n) is 4.43. The number of halogens is 4. The molecule has 3 N–H and O–H groups in total. The van der Waals surface area contributed by atoms with Crippen LogP contribution in [0.15, 0.2) is 24.3 Å². The normalized spacial score (nSPS) is 10.5. The van der Waals surface area contributed by atoms with Crippen molar-refractivity contribution < 1.29 is 23.2 Å². The third-order valence-corrected chi connectivity index (χ3v) is 3.63. The summed E-state index contributed by atoms with van der Waals surface area (Å²) in [7, 11) is 0. The van der Waals surface area contributed by atoms with Gasteiger partial charge < -0.3 is 5.32 Å². The van der Waals surface area contributed by atoms with E-state index in [9.17, 15) is 18.0 Å². The third kappa shape index (κ3) is 3.17. The van der Waals surface area contributed by atoms with Crippen LogP contribution in [0.25, 0.3) is 0 Å². The molecule has 0 spiro atoms. The first-order chi connectivity index (χ1) is 10.3. The standard InChI is InChI=1S/C14H10F3IN2O2/c1-6-4-7(18)2-3-10(6)19-13-8(14(21)20-22)5-9(15)11(16)12(13)17/h2-5,19,22H,1H3,(H,20,21). The van der Waals surface area contributed by atoms with E-state index in [1.54, 1.807) is 25.1 Å². The van der Waals surface area contributed by atoms with Gasteiger partial charge in [0.1, 0.15) is 0 Å². The van der Waals surface area contributed by atoms with Gasteiger partial charge in [-0.25, -0.2) is 18.7 Å². The lowest BCUT2D eigenvalue weighted by atomic mass is 10.1. The van der Waals surface area contributed by atoms with Crippen LogP contribution < -0.4 is 10.8 Å². The molecule has 0 heterocycles. The topological polar surface area (TPSA) is 61.4 Å². The molecular formula is C14H10F3IN2O2. The first kappa shape index (κ1) is 16.6. The zero-order valence-electron chi connectivity index (χ0n) is 11.2. The summed E-state index contributed by atoms with van der Waals surface area (Å²) in [5.74, 6) is -5.94. The number of aryl methyl sites for hydroxylation is 1. The van der Waals surface area contributed by atoms with Crippen LogP contribution in [0, 0.1) is 27.9 Å². The summed E-state index contributed by atoms with van der Waals surface area (Å²) in [6, 6.07) is 5.62. The fraction of sp³-hybridized carbons (Fsp3) is 0.0714. The van der Waals surface area contributed by atoms with Crippen molar-refractivity contribution in [2.24, 2.45) is 0 Å². The van der Waals surface area contributed by atoms with Crippen LogP contribution >= 0.6 is 22.6 Å². The highest BCUT2D eigenvalue weighted by atomic mass is 127. The van der Waals surface area contributed by atoms with E-state index in [0.29, 0.717) is 17.3 Å². The van der Waals surface area contributed by atoms with E-state index in [-0.39, 0.29) is 0 Å². The Morgan fingerprint density at radius 3 is 2.45 bits per heavy atom. The van der Waals surface area contributed by atoms with E-state index in [4.69, 9.17) is 5.21 Å². The van der Waals surface area contributed by atoms with Gasteiger partial charge in [0.25, 0.3) is 5.91 Å². The van der Waals surface area contributed by atoms with Gasteiger partial charge in [-0.15, -0.1) is 0 Å². The molecule has 116 valence electrons. The minimum absolute atomic E-state index is 0.414. The lowest BCUT2D eigenvalue weighted by Gasteiger charge is -2.15. The number of hydrogen-bond donors (Lipinski definition) is 3. The van der Waals surface area contributed by atoms with E-state index in [0.717, 1.165) is 3.57 Å². The molecule has 22 heavy (non-hydrogen) atoms. The van der Waals surface area contributed by atoms with Crippen molar-refractivity contribution in [2.75, 3.05) is 5.32 Å². The van der Waals surface area contributed by atoms with Crippen LogP contribution in [-0.4, -0.2) is 11.1 Å². The number of nitrogens with one attached hydrogen (secondary N) is 2. The molecule has 0 unspecified atom stereocenters. The van der Waals surface area contributed by atoms with Gasteiger partial charge in [0, 0.05) is 9.26 Å². The third-order valence-electron chi connectivity index (χ3n) is 2.96. The van der Waals surface area contributed by atoms with Gasteiger partial charge in [0.15, 0.2) is 17.5 Å². The largest absolute Gasteiger partial charge is 0.352 e. The number of hydrogen-bond acceptors (Lipinski definition) is 3. The summed E-state index contributed by atoms with van der Waals surface area (Å²) in [4.78, 5) is 11.5. The molecule has 0 aliphatic rings. The highest BCUT2D eigenvalue weighted by Gasteiger charge is 2.23. The molecular weight excluding hydrogens is 412 g/mol. The number of amides is 1. The fourth-order valence-electron chi connectivity index (χ4n) is 1.86. The summed E-state index contributed by atoms with van der Waals surface area (Å²) in [5.41, 5.74) is 1.28. The summed E-state index contributed by atoms with van der Waals surface area (Å²) in [5, 5.41) is 11.2. The Kier molecular flexibility index (Phi) is 4.91. The molecule has 2 aromatic carbocycles. The second-order valence-corrected chi connectivity index (χ2v) is 5.68. The molecule has 0 radical (unpaired) electrons. The van der Waals surface area contributed by atoms with Crippen LogP contribution in [0.1, 0.15) is 15.9 Å². The van der Waals surface area contributed by atoms with Gasteiger partial charge in [-0.05, 0) is 59.3 Å². The Labute approximate surface area is 137 Å². The number of rotatable bonds is 3. The maximum absolute atomic E-state index is 14.0. The van der Waals surface area contributed by atoms with Gasteiger partial charge in [-0.1, -0.05) is 0 Å². The summed E-state index contributed by atoms with van der Waals surface area (Å²) >= 11 is 2.08. The minimum atomic E-state index is -1.71. The SMILES string of the molecule is Cc1cc(I)ccc1Nc1c(C(=O)NO)cc(F)c(F)c1F. The molecule has 0 saturated carbocycles. The second kappa shape index (κ2) is 6.53. The quantitative estimate of drug-likeness (QED) is 0.305. The number of anilines is 2. The molecule has 2 aromatic rings. The van der Waals surface area contributed by atoms with Crippen LogP contribution in [-0.2, 0) is 0 Å². The number of hydroxylamine groups is 1. The van der Waals surface area contributed by atoms with E-state index >= 15 is 0 Å². The molecule has 4 nitrogen and oxygen atoms in total. The fourth-order valence-corrected chi connectivity index (χ4v) is 2.51. The zero-order valence-corrected chi connectivity index (χ0v) is 13.3. The summed E-state index contributed by atoms with van der Waals surface area (Å²) < 4.78 is 41.6. The Balaban J connectivity index is 2.58. The highest BCUT2D eigenvalue weighted by molar-refractivity contribution is 14.1. The van der Waals surface area contributed by atoms with Gasteiger partial charge >= 0.3 is 0 Å². The number of carbonyl (C=O) groups is 1. The number of carbonyl (C=O) groups excluding carboxylic acids is 1. The van der Waals surface area contributed by atoms with Crippen molar-refractivity contribution in [1.29, 1.82) is 0 Å². The lowest BCUT2D eigenvalue weighted by Crippen LogP contribution is -2.21. The molecule has 8 heteroatoms. The Morgan fingerprint density at radius 1 is 1.18 bits per heavy atom. The van der Waals surface area contributed by atoms with Crippen LogP contribution in [0.3, 0.4) is 0 Å². The Hall–Kier alpha value is -1.81. The Morgan fingerprint density at radius 2 is 1.86 bits per heavy atom. The van der Waals surface area contributed by atoms with Gasteiger partial charge in [-0.2, -0.15) is 0 Å². The monoisotopic (exact) mass is 422 g/mol. The van der Waals surface area contributed by atoms with E-state index in [1.807, 2.05) is 0 Å². The molecule has 2 rings (SSSR count). The van der Waals surface area contributed by atoms with Crippen molar-refractivity contribution in [3.63, 3.8) is 0 Å². The average molecular weight is 422 g/mol. The average Bonchev–Trinajstić information content (AvgIpc) is 2.49. The van der Waals surface area contributed by atoms with Gasteiger partial charge in [-0.3, -0.25) is 10.0 Å². The lowest BCUT2D eigenvalue weighted by molar-refractivity contribution is 0.0706. The predicted octanol–water partition coefficient (Wildman–Crippen LogP) is 3.88. The van der Waals surface area contributed by atoms with Crippen LogP contribution in [0.2, 0.25) is 0 Å². The van der Waals surface area contributed by atoms with E-state index in [2.05, 4.69) is 27.9 Å². The van der Waals surface area contributed by atoms with Crippen molar-refractivity contribution in [3.8, 4) is 0 Å². The highest BCUT2D eigenvalue weighted by Crippen LogP contribution is 2.30. The smallest absolute Gasteiger partial charge is 0.276 e. The number of benzene rings is 2. The molecule has 1 amide bonds. The van der Waals surface area contributed by atoms with Crippen LogP contribution in [0.4, 0.5) is 24.5 Å². The first-order valence-corrected chi connectivity index (χ1v) is 7.08. The van der Waals surface area contributed by atoms with E-state index < -0.39 is 34.6 Å². The zero-order chi connectivity index (χ0) is 16.4. The van der Waals surface area contributed by atoms with Gasteiger partial charge in [0.2, 0.25) is 0 Å². The maximum atomic E-state index is 14.0. The molecule has 0 bridgehead atoms. The van der Waals surface area contributed by atoms with Crippen molar-refractivity contribution >= 4 is 39.9 Å². The molecule has 0 fully saturated rings. The minimum Gasteiger partial charge on any atom is -0.352 e. The molecule has 0 saturated heterocycles. The Bertz CT molecular complexity index is 753. The predicted molar refractivity (Wildman–Crippen MR) is 82.7 cm³/mol. The maximum Gasteiger partial charge on any atom is 0.276 e. The van der Waals surface area contributed by atoms with Crippen molar-refractivity contribution in [1.82, 2.24) is 5.48 Å². The summed E-state index contributed by atoms with van der Waals surface area (Å²) in [6.07, 6.45) is 0. The van der Waals surface area contributed by atoms with Gasteiger partial charge in [0.05, 0.1) is 11.3 Å². The first-order valence-electron chi connectivity index (χ1n) is 6.00. The van der Waals surface area contributed by atoms with E-state index in [1.165, 1.54) is 5.48 Å². The van der Waals surface area contributed by atoms with Crippen molar-refractivity contribution in [3.05, 3.63) is 56.4 Å². The van der Waals surface area contributed by atoms with Crippen molar-refractivity contribution in [2.45, 2.75) is 6.92 Å². The molecule has 0 aliphatic carbocycles. The molecule has 0 aliphatic heterocycles. The molecule has 0 aromatic heterocycles.